The number of carboxylic acid groups (broad SMARTS) is 1. The molecule has 8 heteroatoms. The molecule has 0 spiro atoms. The Balaban J connectivity index is 2.16. The monoisotopic (exact) mass is 331 g/mol. The molecular formula is C16H14FN3O4. The van der Waals surface area contributed by atoms with E-state index in [9.17, 15) is 19.4 Å². The van der Waals surface area contributed by atoms with E-state index in [2.05, 4.69) is 9.97 Å². The number of hydrogen-bond donors (Lipinski definition) is 2. The van der Waals surface area contributed by atoms with Gasteiger partial charge in [-0.05, 0) is 25.1 Å². The van der Waals surface area contributed by atoms with Crippen molar-refractivity contribution in [1.82, 2.24) is 14.5 Å². The zero-order valence-corrected chi connectivity index (χ0v) is 12.7. The number of hydrogen-bond acceptors (Lipinski definition) is 5. The van der Waals surface area contributed by atoms with Crippen LogP contribution in [0.2, 0.25) is 0 Å². The van der Waals surface area contributed by atoms with Gasteiger partial charge in [0.25, 0.3) is 0 Å². The number of benzene rings is 1. The van der Waals surface area contributed by atoms with E-state index < -0.39 is 18.0 Å². The van der Waals surface area contributed by atoms with E-state index >= 15 is 0 Å². The number of aromatic nitrogens is 3. The van der Waals surface area contributed by atoms with E-state index in [4.69, 9.17) is 4.74 Å². The van der Waals surface area contributed by atoms with Gasteiger partial charge < -0.3 is 14.9 Å². The summed E-state index contributed by atoms with van der Waals surface area (Å²) in [5.74, 6) is -0.516. The molecule has 3 rings (SSSR count). The molecule has 0 aliphatic carbocycles. The molecule has 1 atom stereocenters. The molecular weight excluding hydrogens is 317 g/mol. The van der Waals surface area contributed by atoms with Gasteiger partial charge in [0.05, 0.1) is 29.5 Å². The van der Waals surface area contributed by atoms with Crippen LogP contribution in [0.15, 0.2) is 36.5 Å². The van der Waals surface area contributed by atoms with Gasteiger partial charge in [-0.2, -0.15) is 9.55 Å². The van der Waals surface area contributed by atoms with E-state index in [1.54, 1.807) is 25.1 Å². The summed E-state index contributed by atoms with van der Waals surface area (Å²) < 4.78 is 19.2. The van der Waals surface area contributed by atoms with Crippen LogP contribution in [0.1, 0.15) is 24.3 Å². The second kappa shape index (κ2) is 6.25. The average molecular weight is 331 g/mol. The quantitative estimate of drug-likeness (QED) is 0.762. The molecule has 7 nitrogen and oxygen atoms in total. The molecule has 0 amide bonds. The molecule has 0 saturated heterocycles. The molecule has 1 aromatic carbocycles. The van der Waals surface area contributed by atoms with Gasteiger partial charge in [0.2, 0.25) is 0 Å². The number of pyridine rings is 1. The molecule has 0 radical (unpaired) electrons. The Morgan fingerprint density at radius 3 is 2.79 bits per heavy atom. The Kier molecular flexibility index (Phi) is 4.13. The molecule has 2 aromatic heterocycles. The van der Waals surface area contributed by atoms with E-state index in [1.165, 1.54) is 12.1 Å². The average Bonchev–Trinajstić information content (AvgIpc) is 2.93. The number of halogens is 1. The van der Waals surface area contributed by atoms with Crippen LogP contribution in [0, 0.1) is 5.82 Å². The van der Waals surface area contributed by atoms with E-state index in [0.717, 1.165) is 10.8 Å². The van der Waals surface area contributed by atoms with Crippen LogP contribution < -0.4 is 4.74 Å². The molecule has 2 N–H and O–H groups in total. The maximum Gasteiger partial charge on any atom is 0.420 e. The van der Waals surface area contributed by atoms with Crippen LogP contribution in [-0.4, -0.2) is 37.4 Å². The number of nitrogens with zero attached hydrogens (tertiary/aromatic N) is 3. The van der Waals surface area contributed by atoms with Crippen molar-refractivity contribution in [1.29, 1.82) is 0 Å². The van der Waals surface area contributed by atoms with Gasteiger partial charge in [0.15, 0.2) is 0 Å². The van der Waals surface area contributed by atoms with Crippen molar-refractivity contribution in [2.45, 2.75) is 13.0 Å². The molecule has 2 heterocycles. The van der Waals surface area contributed by atoms with Crippen LogP contribution in [-0.2, 0) is 0 Å². The van der Waals surface area contributed by atoms with Gasteiger partial charge in [0.1, 0.15) is 11.9 Å². The topological polar surface area (TPSA) is 97.5 Å². The minimum absolute atomic E-state index is 0.0771. The maximum absolute atomic E-state index is 13.0. The highest BCUT2D eigenvalue weighted by molar-refractivity contribution is 5.89. The third-order valence-electron chi connectivity index (χ3n) is 3.48. The summed E-state index contributed by atoms with van der Waals surface area (Å²) in [4.78, 5) is 19.5. The lowest BCUT2D eigenvalue weighted by molar-refractivity contribution is 0.191. The van der Waals surface area contributed by atoms with Crippen molar-refractivity contribution < 1.29 is 24.1 Å². The lowest BCUT2D eigenvalue weighted by Gasteiger charge is -2.11. The second-order valence-electron chi connectivity index (χ2n) is 4.96. The highest BCUT2D eigenvalue weighted by Crippen LogP contribution is 2.30. The van der Waals surface area contributed by atoms with Gasteiger partial charge in [-0.1, -0.05) is 12.1 Å². The number of para-hydroxylation sites is 1. The molecule has 0 fully saturated rings. The van der Waals surface area contributed by atoms with Crippen molar-refractivity contribution in [3.8, 4) is 6.01 Å². The molecule has 0 aliphatic heterocycles. The summed E-state index contributed by atoms with van der Waals surface area (Å²) in [5.41, 5.74) is 1.14. The molecule has 0 bridgehead atoms. The second-order valence-corrected chi connectivity index (χ2v) is 4.96. The van der Waals surface area contributed by atoms with E-state index in [1.807, 2.05) is 0 Å². The number of aliphatic hydroxyl groups excluding tert-OH is 1. The molecule has 0 saturated carbocycles. The molecule has 3 aromatic rings. The normalized spacial score (nSPS) is 12.3. The summed E-state index contributed by atoms with van der Waals surface area (Å²) in [5, 5.41) is 19.9. The first-order valence-corrected chi connectivity index (χ1v) is 7.20. The number of aliphatic hydroxyl groups is 1. The Morgan fingerprint density at radius 2 is 2.17 bits per heavy atom. The first kappa shape index (κ1) is 15.9. The number of carbonyl (C=O) groups is 1. The Morgan fingerprint density at radius 1 is 1.38 bits per heavy atom. The van der Waals surface area contributed by atoms with Crippen molar-refractivity contribution in [3.63, 3.8) is 0 Å². The summed E-state index contributed by atoms with van der Waals surface area (Å²) in [7, 11) is 0. The summed E-state index contributed by atoms with van der Waals surface area (Å²) in [6, 6.07) is 7.23. The van der Waals surface area contributed by atoms with Crippen LogP contribution in [0.3, 0.4) is 0 Å². The SMILES string of the molecule is CCOc1nc2c(C(O)c3ccc(F)cn3)cccc2n1C(=O)O. The number of ether oxygens (including phenoxy) is 1. The van der Waals surface area contributed by atoms with Gasteiger partial charge in [-0.3, -0.25) is 4.98 Å². The van der Waals surface area contributed by atoms with Crippen molar-refractivity contribution in [2.24, 2.45) is 0 Å². The largest absolute Gasteiger partial charge is 0.465 e. The first-order valence-electron chi connectivity index (χ1n) is 7.20. The lowest BCUT2D eigenvalue weighted by atomic mass is 10.0. The minimum atomic E-state index is -1.24. The zero-order chi connectivity index (χ0) is 17.3. The third-order valence-corrected chi connectivity index (χ3v) is 3.48. The van der Waals surface area contributed by atoms with Crippen molar-refractivity contribution in [2.75, 3.05) is 6.61 Å². The fourth-order valence-corrected chi connectivity index (χ4v) is 2.44. The Hall–Kier alpha value is -3.00. The first-order chi connectivity index (χ1) is 11.5. The lowest BCUT2D eigenvalue weighted by Crippen LogP contribution is -2.11. The maximum atomic E-state index is 13.0. The van der Waals surface area contributed by atoms with Crippen LogP contribution in [0.25, 0.3) is 11.0 Å². The highest BCUT2D eigenvalue weighted by Gasteiger charge is 2.23. The van der Waals surface area contributed by atoms with Crippen LogP contribution in [0.5, 0.6) is 6.01 Å². The fourth-order valence-electron chi connectivity index (χ4n) is 2.44. The molecule has 0 aliphatic rings. The fraction of sp³-hybridized carbons (Fsp3) is 0.188. The number of rotatable bonds is 4. The van der Waals surface area contributed by atoms with Crippen LogP contribution in [0.4, 0.5) is 9.18 Å². The predicted octanol–water partition coefficient (Wildman–Crippen LogP) is 2.58. The minimum Gasteiger partial charge on any atom is -0.465 e. The smallest absolute Gasteiger partial charge is 0.420 e. The van der Waals surface area contributed by atoms with Gasteiger partial charge in [-0.15, -0.1) is 0 Å². The standard InChI is InChI=1S/C16H14FN3O4/c1-2-24-15-19-13-10(4-3-5-12(13)20(15)16(22)23)14(21)11-7-6-9(17)8-18-11/h3-8,14,21H,2H2,1H3,(H,22,23). The molecule has 24 heavy (non-hydrogen) atoms. The third kappa shape index (κ3) is 2.67. The van der Waals surface area contributed by atoms with Gasteiger partial charge in [0, 0.05) is 5.56 Å². The molecule has 124 valence electrons. The summed E-state index contributed by atoms with van der Waals surface area (Å²) >= 11 is 0. The van der Waals surface area contributed by atoms with Crippen molar-refractivity contribution in [3.05, 3.63) is 53.6 Å². The Labute approximate surface area is 136 Å². The van der Waals surface area contributed by atoms with Crippen molar-refractivity contribution >= 4 is 17.1 Å². The van der Waals surface area contributed by atoms with E-state index in [0.29, 0.717) is 5.56 Å². The zero-order valence-electron chi connectivity index (χ0n) is 12.7. The Bertz CT molecular complexity index is 892. The van der Waals surface area contributed by atoms with Gasteiger partial charge >= 0.3 is 12.1 Å². The highest BCUT2D eigenvalue weighted by atomic mass is 19.1. The molecule has 1 unspecified atom stereocenters. The van der Waals surface area contributed by atoms with E-state index in [-0.39, 0.29) is 29.3 Å². The summed E-state index contributed by atoms with van der Waals surface area (Å²) in [6.45, 7) is 1.96. The van der Waals surface area contributed by atoms with Crippen LogP contribution >= 0.6 is 0 Å². The van der Waals surface area contributed by atoms with Gasteiger partial charge in [-0.25, -0.2) is 9.18 Å². The summed E-state index contributed by atoms with van der Waals surface area (Å²) in [6.07, 6.45) is -1.42. The number of imidazole rings is 1. The predicted molar refractivity (Wildman–Crippen MR) is 82.6 cm³/mol. The number of fused-ring (bicyclic) bond motifs is 1.